The van der Waals surface area contributed by atoms with Gasteiger partial charge in [-0.3, -0.25) is 14.4 Å². The van der Waals surface area contributed by atoms with E-state index in [1.165, 1.54) is 6.42 Å². The number of aliphatic hydroxyl groups is 1. The molecule has 0 unspecified atom stereocenters. The number of Topliss-reactive ketones (excluding diaryl/α,β-unsaturated/α-hetero) is 1. The Bertz CT molecular complexity index is 1280. The predicted octanol–water partition coefficient (Wildman–Crippen LogP) is 8.78. The number of rotatable bonds is 13. The molecule has 2 fully saturated rings. The Hall–Kier alpha value is -2.26. The number of fused-ring (bicyclic) bond motifs is 1. The molecule has 3 aliphatic rings. The molecule has 1 heterocycles. The van der Waals surface area contributed by atoms with Gasteiger partial charge in [0.05, 0.1) is 11.7 Å². The van der Waals surface area contributed by atoms with Gasteiger partial charge < -0.3 is 10.0 Å². The minimum absolute atomic E-state index is 0.000237. The van der Waals surface area contributed by atoms with Crippen molar-refractivity contribution in [3.05, 3.63) is 23.3 Å². The van der Waals surface area contributed by atoms with Gasteiger partial charge in [-0.15, -0.1) is 0 Å². The number of hydrogen-bond donors (Lipinski definition) is 1. The highest BCUT2D eigenvalue weighted by molar-refractivity contribution is 6.04. The first-order chi connectivity index (χ1) is 21.1. The highest BCUT2D eigenvalue weighted by atomic mass is 16.3. The van der Waals surface area contributed by atoms with E-state index in [9.17, 15) is 24.8 Å². The van der Waals surface area contributed by atoms with Crippen LogP contribution in [0.1, 0.15) is 147 Å². The molecule has 0 bridgehead atoms. The molecule has 1 N–H and O–H groups in total. The Balaban J connectivity index is 1.95. The van der Waals surface area contributed by atoms with Gasteiger partial charge in [-0.05, 0) is 98.4 Å². The van der Waals surface area contributed by atoms with Gasteiger partial charge in [-0.1, -0.05) is 87.3 Å². The molecule has 1 aliphatic heterocycles. The van der Waals surface area contributed by atoms with Gasteiger partial charge in [0.15, 0.2) is 11.6 Å². The summed E-state index contributed by atoms with van der Waals surface area (Å²) >= 11 is 0. The molecule has 46 heavy (non-hydrogen) atoms. The second-order valence-electron chi connectivity index (χ2n) is 18.0. The summed E-state index contributed by atoms with van der Waals surface area (Å²) in [4.78, 5) is 41.2. The van der Waals surface area contributed by atoms with E-state index in [1.807, 2.05) is 30.9 Å². The van der Waals surface area contributed by atoms with E-state index in [-0.39, 0.29) is 50.6 Å². The van der Waals surface area contributed by atoms with E-state index in [2.05, 4.69) is 61.5 Å². The number of aliphatic hydroxyl groups excluding tert-OH is 1. The SMILES string of the molecule is CCCC(C)(C)CC[C@](C)(CCC(=O)N1CC[C@H](O)C1)CCC(C)(C)[C@]1(C)CC[C@H]2C(C)(C)C(=O)C(C#N)=C[C@]2(C)/C1=C/C(C)=O. The molecule has 0 aromatic carbocycles. The summed E-state index contributed by atoms with van der Waals surface area (Å²) in [5.41, 5.74) is -0.352. The lowest BCUT2D eigenvalue weighted by molar-refractivity contribution is -0.131. The molecule has 0 aromatic rings. The second kappa shape index (κ2) is 13.7. The third-order valence-electron chi connectivity index (χ3n) is 13.1. The van der Waals surface area contributed by atoms with E-state index in [0.29, 0.717) is 25.9 Å². The fourth-order valence-corrected chi connectivity index (χ4v) is 9.36. The number of nitriles is 1. The van der Waals surface area contributed by atoms with Crippen molar-refractivity contribution in [3.8, 4) is 6.07 Å². The first kappa shape index (κ1) is 38.2. The molecule has 258 valence electrons. The zero-order valence-electron chi connectivity index (χ0n) is 31.1. The topological polar surface area (TPSA) is 98.5 Å². The summed E-state index contributed by atoms with van der Waals surface area (Å²) in [6.45, 7) is 25.1. The largest absolute Gasteiger partial charge is 0.391 e. The molecular formula is C40H64N2O4. The summed E-state index contributed by atoms with van der Waals surface area (Å²) in [5.74, 6) is 0.0471. The minimum atomic E-state index is -0.697. The van der Waals surface area contributed by atoms with Crippen molar-refractivity contribution >= 4 is 17.5 Å². The third kappa shape index (κ3) is 7.72. The number of nitrogens with zero attached hydrogens (tertiary/aromatic N) is 2. The quantitative estimate of drug-likeness (QED) is 0.204. The van der Waals surface area contributed by atoms with Crippen molar-refractivity contribution in [2.75, 3.05) is 13.1 Å². The van der Waals surface area contributed by atoms with Gasteiger partial charge in [-0.25, -0.2) is 0 Å². The fourth-order valence-electron chi connectivity index (χ4n) is 9.36. The Labute approximate surface area is 280 Å². The van der Waals surface area contributed by atoms with Crippen molar-refractivity contribution < 1.29 is 19.5 Å². The molecular weight excluding hydrogens is 572 g/mol. The van der Waals surface area contributed by atoms with Crippen LogP contribution in [0.5, 0.6) is 0 Å². The second-order valence-corrected chi connectivity index (χ2v) is 18.0. The number of carbonyl (C=O) groups excluding carboxylic acids is 3. The molecule has 6 heteroatoms. The summed E-state index contributed by atoms with van der Waals surface area (Å²) < 4.78 is 0. The van der Waals surface area contributed by atoms with Gasteiger partial charge in [0, 0.05) is 30.3 Å². The normalized spacial score (nSPS) is 30.4. The van der Waals surface area contributed by atoms with E-state index in [1.54, 1.807) is 6.92 Å². The molecule has 0 spiro atoms. The summed E-state index contributed by atoms with van der Waals surface area (Å²) in [7, 11) is 0. The van der Waals surface area contributed by atoms with Crippen LogP contribution >= 0.6 is 0 Å². The highest BCUT2D eigenvalue weighted by Crippen LogP contribution is 2.67. The summed E-state index contributed by atoms with van der Waals surface area (Å²) in [6.07, 6.45) is 13.3. The van der Waals surface area contributed by atoms with E-state index >= 15 is 0 Å². The maximum Gasteiger partial charge on any atom is 0.222 e. The minimum Gasteiger partial charge on any atom is -0.391 e. The molecule has 1 saturated heterocycles. The van der Waals surface area contributed by atoms with E-state index in [0.717, 1.165) is 56.9 Å². The van der Waals surface area contributed by atoms with Crippen molar-refractivity contribution in [3.63, 3.8) is 0 Å². The van der Waals surface area contributed by atoms with Crippen molar-refractivity contribution in [2.24, 2.45) is 38.4 Å². The Morgan fingerprint density at radius 3 is 2.20 bits per heavy atom. The number of β-amino-alcohol motifs (C(OH)–C–C–N with tert-alkyl or cyclic N) is 1. The lowest BCUT2D eigenvalue weighted by Crippen LogP contribution is -2.55. The monoisotopic (exact) mass is 636 g/mol. The van der Waals surface area contributed by atoms with Gasteiger partial charge in [-0.2, -0.15) is 5.26 Å². The first-order valence-corrected chi connectivity index (χ1v) is 17.9. The van der Waals surface area contributed by atoms with Crippen LogP contribution in [0.25, 0.3) is 0 Å². The zero-order valence-corrected chi connectivity index (χ0v) is 31.1. The van der Waals surface area contributed by atoms with Crippen molar-refractivity contribution in [1.82, 2.24) is 4.90 Å². The molecule has 2 aliphatic carbocycles. The average molecular weight is 637 g/mol. The number of likely N-dealkylation sites (tertiary alicyclic amines) is 1. The smallest absolute Gasteiger partial charge is 0.222 e. The van der Waals surface area contributed by atoms with Crippen molar-refractivity contribution in [1.29, 1.82) is 5.26 Å². The Morgan fingerprint density at radius 2 is 1.65 bits per heavy atom. The van der Waals surface area contributed by atoms with Crippen molar-refractivity contribution in [2.45, 2.75) is 153 Å². The van der Waals surface area contributed by atoms with Crippen LogP contribution in [-0.2, 0) is 14.4 Å². The summed E-state index contributed by atoms with van der Waals surface area (Å²) in [6, 6.07) is 2.19. The fraction of sp³-hybridized carbons (Fsp3) is 0.800. The first-order valence-electron chi connectivity index (χ1n) is 17.9. The summed E-state index contributed by atoms with van der Waals surface area (Å²) in [5, 5.41) is 20.0. The van der Waals surface area contributed by atoms with Gasteiger partial charge >= 0.3 is 0 Å². The molecule has 0 aromatic heterocycles. The Kier molecular flexibility index (Phi) is 11.4. The van der Waals surface area contributed by atoms with Crippen LogP contribution in [0.15, 0.2) is 23.3 Å². The third-order valence-corrected chi connectivity index (χ3v) is 13.1. The molecule has 0 radical (unpaired) electrons. The lowest BCUT2D eigenvalue weighted by Gasteiger charge is -2.61. The van der Waals surface area contributed by atoms with Crippen LogP contribution in [0.4, 0.5) is 0 Å². The van der Waals surface area contributed by atoms with Crippen LogP contribution < -0.4 is 0 Å². The number of hydrogen-bond acceptors (Lipinski definition) is 5. The Morgan fingerprint density at radius 1 is 1.02 bits per heavy atom. The van der Waals surface area contributed by atoms with Crippen LogP contribution in [0, 0.1) is 49.7 Å². The molecule has 5 atom stereocenters. The number of allylic oxidation sites excluding steroid dienone is 4. The standard InChI is InChI=1S/C40H64N2O4/c1-12-16-35(3,4)19-21-38(9,17-14-33(45)42-23-15-30(44)27-42)22-20-36(5,6)40(11)18-13-31-37(7,8)34(46)29(26-41)25-39(31,10)32(40)24-28(2)43/h24-25,30-31,44H,12-23,27H2,1-11H3/b32-24-/t30-,31-,38-,39-,40+/m0/s1. The number of amides is 1. The van der Waals surface area contributed by atoms with Gasteiger partial charge in [0.1, 0.15) is 6.07 Å². The molecule has 6 nitrogen and oxygen atoms in total. The number of ketones is 2. The molecule has 1 saturated carbocycles. The van der Waals surface area contributed by atoms with Crippen LogP contribution in [-0.4, -0.2) is 46.7 Å². The lowest BCUT2D eigenvalue weighted by atomic mass is 9.42. The maximum absolute atomic E-state index is 13.3. The van der Waals surface area contributed by atoms with E-state index in [4.69, 9.17) is 0 Å². The van der Waals surface area contributed by atoms with Gasteiger partial charge in [0.25, 0.3) is 0 Å². The molecule has 1 amide bonds. The molecule has 3 rings (SSSR count). The van der Waals surface area contributed by atoms with Crippen LogP contribution in [0.2, 0.25) is 0 Å². The predicted molar refractivity (Wildman–Crippen MR) is 186 cm³/mol. The van der Waals surface area contributed by atoms with E-state index < -0.39 is 16.9 Å². The number of carbonyl (C=O) groups is 3. The average Bonchev–Trinajstić information content (AvgIpc) is 3.40. The highest BCUT2D eigenvalue weighted by Gasteiger charge is 2.61. The van der Waals surface area contributed by atoms with Crippen LogP contribution in [0.3, 0.4) is 0 Å². The maximum atomic E-state index is 13.3. The van der Waals surface area contributed by atoms with Gasteiger partial charge in [0.2, 0.25) is 5.91 Å². The zero-order chi connectivity index (χ0) is 34.9.